The summed E-state index contributed by atoms with van der Waals surface area (Å²) < 4.78 is 10.5. The van der Waals surface area contributed by atoms with Gasteiger partial charge in [0.05, 0.1) is 36.9 Å². The molecule has 1 aromatic heterocycles. The van der Waals surface area contributed by atoms with Crippen molar-refractivity contribution in [2.45, 2.75) is 46.0 Å². The topological polar surface area (TPSA) is 130 Å². The fourth-order valence-electron chi connectivity index (χ4n) is 6.11. The minimum Gasteiger partial charge on any atom is -0.468 e. The van der Waals surface area contributed by atoms with Gasteiger partial charge in [0.25, 0.3) is 0 Å². The second-order valence-corrected chi connectivity index (χ2v) is 14.2. The van der Waals surface area contributed by atoms with Gasteiger partial charge < -0.3 is 19.7 Å². The van der Waals surface area contributed by atoms with E-state index in [0.717, 1.165) is 11.6 Å². The van der Waals surface area contributed by atoms with Crippen LogP contribution in [0.4, 0.5) is 0 Å². The van der Waals surface area contributed by atoms with E-state index in [1.807, 2.05) is 5.38 Å². The molecule has 3 heterocycles. The number of carbonyl (C=O) groups excluding carboxylic acids is 4. The first kappa shape index (κ1) is 36.5. The van der Waals surface area contributed by atoms with E-state index < -0.39 is 23.8 Å². The lowest BCUT2D eigenvalue weighted by atomic mass is 9.74. The number of methoxy groups -OCH3 is 2. The van der Waals surface area contributed by atoms with Gasteiger partial charge in [0.1, 0.15) is 5.92 Å². The summed E-state index contributed by atoms with van der Waals surface area (Å²) in [7, 11) is 2.51. The molecule has 2 aliphatic heterocycles. The highest BCUT2D eigenvalue weighted by Crippen LogP contribution is 2.46. The largest absolute Gasteiger partial charge is 0.468 e. The molecule has 11 nitrogen and oxygen atoms in total. The third-order valence-corrected chi connectivity index (χ3v) is 9.85. The maximum absolute atomic E-state index is 13.8. The SMILES string of the molecule is COC(=O)C1=C(CC(=O)N2CCN(CC(C)(C)CNC(C)=O)CC2)N=C(CCc2nccs2)C(C(=O)OC)C1c1c(Cl)cccc1Cl. The molecular formula is C33H41Cl2N5O6S. The Hall–Kier alpha value is -3.32. The number of hydrogen-bond acceptors (Lipinski definition) is 10. The first-order valence-corrected chi connectivity index (χ1v) is 17.0. The molecule has 2 aliphatic rings. The molecule has 1 saturated heterocycles. The summed E-state index contributed by atoms with van der Waals surface area (Å²) in [6.07, 6.45) is 2.33. The highest BCUT2D eigenvalue weighted by Gasteiger charge is 2.46. The first-order valence-electron chi connectivity index (χ1n) is 15.4. The van der Waals surface area contributed by atoms with Crippen LogP contribution in [0, 0.1) is 11.3 Å². The Kier molecular flexibility index (Phi) is 12.6. The Bertz CT molecular complexity index is 1520. The van der Waals surface area contributed by atoms with E-state index in [1.165, 1.54) is 32.5 Å². The van der Waals surface area contributed by atoms with Crippen molar-refractivity contribution in [3.63, 3.8) is 0 Å². The molecule has 0 spiro atoms. The van der Waals surface area contributed by atoms with Crippen molar-refractivity contribution < 1.29 is 28.7 Å². The Balaban J connectivity index is 1.67. The molecule has 47 heavy (non-hydrogen) atoms. The maximum Gasteiger partial charge on any atom is 0.336 e. The van der Waals surface area contributed by atoms with Gasteiger partial charge in [0.2, 0.25) is 11.8 Å². The maximum atomic E-state index is 13.8. The number of carbonyl (C=O) groups is 4. The zero-order valence-electron chi connectivity index (χ0n) is 27.3. The average Bonchev–Trinajstić information content (AvgIpc) is 3.56. The number of piperazine rings is 1. The fraction of sp³-hybridized carbons (Fsp3) is 0.515. The minimum absolute atomic E-state index is 0.0441. The van der Waals surface area contributed by atoms with Crippen molar-refractivity contribution in [1.29, 1.82) is 0 Å². The highest BCUT2D eigenvalue weighted by atomic mass is 35.5. The zero-order valence-corrected chi connectivity index (χ0v) is 29.6. The van der Waals surface area contributed by atoms with Crippen molar-refractivity contribution in [3.8, 4) is 0 Å². The van der Waals surface area contributed by atoms with Gasteiger partial charge >= 0.3 is 11.9 Å². The molecule has 0 radical (unpaired) electrons. The van der Waals surface area contributed by atoms with Gasteiger partial charge in [0.15, 0.2) is 0 Å². The summed E-state index contributed by atoms with van der Waals surface area (Å²) in [5.41, 5.74) is 0.900. The molecule has 254 valence electrons. The number of aliphatic imine (C=N–C) groups is 1. The van der Waals surface area contributed by atoms with Crippen LogP contribution >= 0.6 is 34.5 Å². The molecule has 1 N–H and O–H groups in total. The summed E-state index contributed by atoms with van der Waals surface area (Å²) >= 11 is 14.9. The Morgan fingerprint density at radius 3 is 2.30 bits per heavy atom. The molecule has 1 aromatic carbocycles. The number of esters is 2. The molecular weight excluding hydrogens is 665 g/mol. The zero-order chi connectivity index (χ0) is 34.3. The van der Waals surface area contributed by atoms with E-state index in [2.05, 4.69) is 29.0 Å². The Labute approximate surface area is 289 Å². The number of aromatic nitrogens is 1. The van der Waals surface area contributed by atoms with E-state index >= 15 is 0 Å². The van der Waals surface area contributed by atoms with E-state index in [-0.39, 0.29) is 45.0 Å². The molecule has 0 saturated carbocycles. The van der Waals surface area contributed by atoms with Crippen LogP contribution in [0.1, 0.15) is 50.1 Å². The monoisotopic (exact) mass is 705 g/mol. The van der Waals surface area contributed by atoms with Gasteiger partial charge in [-0.25, -0.2) is 9.78 Å². The van der Waals surface area contributed by atoms with Crippen LogP contribution in [0.5, 0.6) is 0 Å². The van der Waals surface area contributed by atoms with E-state index in [4.69, 9.17) is 37.7 Å². The lowest BCUT2D eigenvalue weighted by molar-refractivity contribution is -0.143. The molecule has 0 bridgehead atoms. The number of ether oxygens (including phenoxy) is 2. The normalized spacial score (nSPS) is 18.9. The van der Waals surface area contributed by atoms with E-state index in [1.54, 1.807) is 29.3 Å². The smallest absolute Gasteiger partial charge is 0.336 e. The van der Waals surface area contributed by atoms with Crippen LogP contribution in [-0.2, 0) is 35.1 Å². The third-order valence-electron chi connectivity index (χ3n) is 8.35. The molecule has 2 aromatic rings. The lowest BCUT2D eigenvalue weighted by Gasteiger charge is -2.39. The second-order valence-electron chi connectivity index (χ2n) is 12.4. The summed E-state index contributed by atoms with van der Waals surface area (Å²) in [5.74, 6) is -3.69. The van der Waals surface area contributed by atoms with Crippen molar-refractivity contribution in [2.75, 3.05) is 53.5 Å². The van der Waals surface area contributed by atoms with Crippen LogP contribution in [0.3, 0.4) is 0 Å². The van der Waals surface area contributed by atoms with Crippen molar-refractivity contribution in [3.05, 3.63) is 61.7 Å². The lowest BCUT2D eigenvalue weighted by Crippen LogP contribution is -2.52. The van der Waals surface area contributed by atoms with Crippen LogP contribution in [-0.4, -0.2) is 97.7 Å². The number of halogens is 2. The Morgan fingerprint density at radius 1 is 1.04 bits per heavy atom. The molecule has 2 amide bonds. The van der Waals surface area contributed by atoms with Crippen molar-refractivity contribution >= 4 is 64.0 Å². The quantitative estimate of drug-likeness (QED) is 0.319. The summed E-state index contributed by atoms with van der Waals surface area (Å²) in [5, 5.41) is 6.11. The van der Waals surface area contributed by atoms with Gasteiger partial charge in [-0.05, 0) is 29.5 Å². The molecule has 4 rings (SSSR count). The predicted molar refractivity (Wildman–Crippen MR) is 182 cm³/mol. The molecule has 2 unspecified atom stereocenters. The predicted octanol–water partition coefficient (Wildman–Crippen LogP) is 4.53. The molecule has 1 fully saturated rings. The number of nitrogens with zero attached hydrogens (tertiary/aromatic N) is 4. The second kappa shape index (κ2) is 16.2. The van der Waals surface area contributed by atoms with E-state index in [0.29, 0.717) is 56.8 Å². The van der Waals surface area contributed by atoms with E-state index in [9.17, 15) is 19.2 Å². The number of rotatable bonds is 12. The summed E-state index contributed by atoms with van der Waals surface area (Å²) in [6.45, 7) is 9.29. The van der Waals surface area contributed by atoms with Gasteiger partial charge in [-0.3, -0.25) is 24.3 Å². The van der Waals surface area contributed by atoms with Gasteiger partial charge in [-0.2, -0.15) is 0 Å². The number of amides is 2. The van der Waals surface area contributed by atoms with Crippen LogP contribution in [0.25, 0.3) is 0 Å². The fourth-order valence-corrected chi connectivity index (χ4v) is 7.36. The number of benzene rings is 1. The van der Waals surface area contributed by atoms with Gasteiger partial charge in [-0.1, -0.05) is 43.1 Å². The minimum atomic E-state index is -1.05. The van der Waals surface area contributed by atoms with Gasteiger partial charge in [0, 0.05) is 85.9 Å². The van der Waals surface area contributed by atoms with Crippen LogP contribution in [0.15, 0.2) is 46.0 Å². The first-order chi connectivity index (χ1) is 22.3. The van der Waals surface area contributed by atoms with Crippen LogP contribution < -0.4 is 5.32 Å². The van der Waals surface area contributed by atoms with Crippen molar-refractivity contribution in [1.82, 2.24) is 20.1 Å². The average molecular weight is 707 g/mol. The van der Waals surface area contributed by atoms with Gasteiger partial charge in [-0.15, -0.1) is 11.3 Å². The number of hydrogen-bond donors (Lipinski definition) is 1. The summed E-state index contributed by atoms with van der Waals surface area (Å²) in [6, 6.07) is 4.94. The van der Waals surface area contributed by atoms with Crippen molar-refractivity contribution in [2.24, 2.45) is 16.3 Å². The number of aryl methyl sites for hydroxylation is 1. The standard InChI is InChI=1S/C33H41Cl2N5O6S/c1-20(41)37-18-33(2,3)19-39-12-14-40(15-13-39)26(42)17-24-29(32(44)46-5)30(27-21(34)7-6-8-22(27)35)28(31(43)45-4)23(38-24)9-10-25-36-11-16-47-25/h6-8,11,16,28,30H,9-10,12-15,17-19H2,1-5H3,(H,37,41). The third kappa shape index (κ3) is 9.19. The molecule has 14 heteroatoms. The number of nitrogens with one attached hydrogen (secondary N) is 1. The van der Waals surface area contributed by atoms with Crippen LogP contribution in [0.2, 0.25) is 10.0 Å². The summed E-state index contributed by atoms with van der Waals surface area (Å²) in [4.78, 5) is 65.6. The molecule has 0 aliphatic carbocycles. The Morgan fingerprint density at radius 2 is 1.72 bits per heavy atom. The highest BCUT2D eigenvalue weighted by molar-refractivity contribution is 7.09. The number of thiazole rings is 1. The molecule has 2 atom stereocenters.